The van der Waals surface area contributed by atoms with Gasteiger partial charge in [-0.3, -0.25) is 14.8 Å². The van der Waals surface area contributed by atoms with Crippen LogP contribution in [-0.4, -0.2) is 19.7 Å². The van der Waals surface area contributed by atoms with E-state index in [-0.39, 0.29) is 17.4 Å². The van der Waals surface area contributed by atoms with Crippen molar-refractivity contribution in [2.75, 3.05) is 5.32 Å². The first-order chi connectivity index (χ1) is 11.6. The monoisotopic (exact) mass is 327 g/mol. The first-order valence-corrected chi connectivity index (χ1v) is 7.21. The zero-order valence-electron chi connectivity index (χ0n) is 12.5. The number of anilines is 1. The van der Waals surface area contributed by atoms with Crippen LogP contribution in [0.5, 0.6) is 0 Å². The normalized spacial score (nSPS) is 11.9. The zero-order chi connectivity index (χ0) is 16.9. The lowest BCUT2D eigenvalue weighted by atomic mass is 10.1. The van der Waals surface area contributed by atoms with Gasteiger partial charge in [-0.25, -0.2) is 9.37 Å². The molecule has 0 aliphatic heterocycles. The summed E-state index contributed by atoms with van der Waals surface area (Å²) in [5.74, 6) is -0.677. The van der Waals surface area contributed by atoms with E-state index in [1.807, 2.05) is 30.3 Å². The van der Waals surface area contributed by atoms with E-state index in [4.69, 9.17) is 0 Å². The molecule has 8 heteroatoms. The van der Waals surface area contributed by atoms with Gasteiger partial charge in [-0.15, -0.1) is 0 Å². The van der Waals surface area contributed by atoms with E-state index in [9.17, 15) is 14.5 Å². The predicted molar refractivity (Wildman–Crippen MR) is 85.9 cm³/mol. The molecule has 7 nitrogen and oxygen atoms in total. The maximum absolute atomic E-state index is 14.2. The summed E-state index contributed by atoms with van der Waals surface area (Å²) in [4.78, 5) is 14.0. The van der Waals surface area contributed by atoms with E-state index in [2.05, 4.69) is 15.4 Å². The van der Waals surface area contributed by atoms with Crippen molar-refractivity contribution >= 4 is 11.4 Å². The molecule has 0 bridgehead atoms. The highest BCUT2D eigenvalue weighted by atomic mass is 19.1. The lowest BCUT2D eigenvalue weighted by Crippen LogP contribution is -2.18. The third-order valence-electron chi connectivity index (χ3n) is 3.53. The van der Waals surface area contributed by atoms with Gasteiger partial charge in [-0.05, 0) is 11.6 Å². The van der Waals surface area contributed by atoms with Gasteiger partial charge in [0.1, 0.15) is 12.7 Å². The van der Waals surface area contributed by atoms with Crippen molar-refractivity contribution in [1.29, 1.82) is 0 Å². The lowest BCUT2D eigenvalue weighted by Gasteiger charge is -2.20. The van der Waals surface area contributed by atoms with E-state index in [1.54, 1.807) is 11.0 Å². The smallest absolute Gasteiger partial charge is 0.272 e. The molecule has 3 rings (SSSR count). The molecule has 0 aliphatic rings. The van der Waals surface area contributed by atoms with Crippen LogP contribution in [0.4, 0.5) is 15.8 Å². The van der Waals surface area contributed by atoms with Crippen LogP contribution in [0.3, 0.4) is 0 Å². The van der Waals surface area contributed by atoms with Crippen LogP contribution >= 0.6 is 0 Å². The number of halogens is 1. The fourth-order valence-corrected chi connectivity index (χ4v) is 2.36. The molecule has 1 N–H and O–H groups in total. The number of rotatable bonds is 6. The molecule has 122 valence electrons. The SMILES string of the molecule is O=[N+]([O-])c1ccc(NC(Cn2cncn2)c2ccccc2)c(F)c1. The maximum atomic E-state index is 14.2. The average Bonchev–Trinajstić information content (AvgIpc) is 3.09. The summed E-state index contributed by atoms with van der Waals surface area (Å²) in [6.45, 7) is 0.431. The number of nitrogens with one attached hydrogen (secondary N) is 1. The van der Waals surface area contributed by atoms with Gasteiger partial charge >= 0.3 is 0 Å². The van der Waals surface area contributed by atoms with Crippen molar-refractivity contribution in [2.24, 2.45) is 0 Å². The van der Waals surface area contributed by atoms with Gasteiger partial charge in [0, 0.05) is 6.07 Å². The minimum absolute atomic E-state index is 0.189. The molecule has 3 aromatic rings. The number of aromatic nitrogens is 3. The fourth-order valence-electron chi connectivity index (χ4n) is 2.36. The van der Waals surface area contributed by atoms with Crippen molar-refractivity contribution in [3.63, 3.8) is 0 Å². The summed E-state index contributed by atoms with van der Waals surface area (Å²) in [5, 5.41) is 17.9. The molecule has 2 aromatic carbocycles. The van der Waals surface area contributed by atoms with Gasteiger partial charge in [-0.1, -0.05) is 30.3 Å². The van der Waals surface area contributed by atoms with Crippen molar-refractivity contribution in [3.8, 4) is 0 Å². The van der Waals surface area contributed by atoms with E-state index >= 15 is 0 Å². The topological polar surface area (TPSA) is 85.9 Å². The molecule has 24 heavy (non-hydrogen) atoms. The van der Waals surface area contributed by atoms with Crippen LogP contribution in [-0.2, 0) is 6.54 Å². The molecule has 1 atom stereocenters. The molecule has 0 saturated heterocycles. The summed E-state index contributed by atoms with van der Waals surface area (Å²) in [6.07, 6.45) is 3.00. The van der Waals surface area contributed by atoms with Crippen LogP contribution < -0.4 is 5.32 Å². The Morgan fingerprint density at radius 3 is 2.67 bits per heavy atom. The van der Waals surface area contributed by atoms with Gasteiger partial charge in [0.25, 0.3) is 5.69 Å². The predicted octanol–water partition coefficient (Wildman–Crippen LogP) is 3.18. The number of hydrogen-bond acceptors (Lipinski definition) is 5. The Labute approximate surface area is 136 Å². The van der Waals surface area contributed by atoms with Crippen molar-refractivity contribution < 1.29 is 9.31 Å². The summed E-state index contributed by atoms with van der Waals surface area (Å²) >= 11 is 0. The quantitative estimate of drug-likeness (QED) is 0.555. The second-order valence-corrected chi connectivity index (χ2v) is 5.15. The molecule has 1 unspecified atom stereocenters. The average molecular weight is 327 g/mol. The minimum atomic E-state index is -0.677. The second kappa shape index (κ2) is 6.86. The van der Waals surface area contributed by atoms with Crippen molar-refractivity contribution in [2.45, 2.75) is 12.6 Å². The highest BCUT2D eigenvalue weighted by Crippen LogP contribution is 2.26. The standard InChI is InChI=1S/C16H14FN5O2/c17-14-8-13(22(23)24)6-7-15(14)20-16(9-21-11-18-10-19-21)12-4-2-1-3-5-12/h1-8,10-11,16,20H,9H2. The van der Waals surface area contributed by atoms with Gasteiger partial charge in [0.15, 0.2) is 5.82 Å². The van der Waals surface area contributed by atoms with E-state index in [0.717, 1.165) is 11.6 Å². The third-order valence-corrected chi connectivity index (χ3v) is 3.53. The Morgan fingerprint density at radius 2 is 2.04 bits per heavy atom. The first kappa shape index (κ1) is 15.6. The van der Waals surface area contributed by atoms with Crippen LogP contribution in [0.1, 0.15) is 11.6 Å². The summed E-state index contributed by atoms with van der Waals surface area (Å²) < 4.78 is 15.8. The second-order valence-electron chi connectivity index (χ2n) is 5.15. The molecular weight excluding hydrogens is 313 g/mol. The maximum Gasteiger partial charge on any atom is 0.272 e. The molecule has 0 radical (unpaired) electrons. The van der Waals surface area contributed by atoms with Gasteiger partial charge in [0.05, 0.1) is 29.3 Å². The Kier molecular flexibility index (Phi) is 4.46. The molecule has 1 aromatic heterocycles. The Morgan fingerprint density at radius 1 is 1.25 bits per heavy atom. The first-order valence-electron chi connectivity index (χ1n) is 7.21. The van der Waals surface area contributed by atoms with Gasteiger partial charge in [-0.2, -0.15) is 5.10 Å². The van der Waals surface area contributed by atoms with E-state index < -0.39 is 10.7 Å². The van der Waals surface area contributed by atoms with Crippen molar-refractivity contribution in [1.82, 2.24) is 14.8 Å². The largest absolute Gasteiger partial charge is 0.374 e. The summed E-state index contributed by atoms with van der Waals surface area (Å²) in [7, 11) is 0. The number of nitrogens with zero attached hydrogens (tertiary/aromatic N) is 4. The highest BCUT2D eigenvalue weighted by Gasteiger charge is 2.16. The molecule has 0 amide bonds. The Bertz CT molecular complexity index is 824. The van der Waals surface area contributed by atoms with Crippen molar-refractivity contribution in [3.05, 3.63) is 82.7 Å². The molecule has 0 saturated carbocycles. The highest BCUT2D eigenvalue weighted by molar-refractivity contribution is 5.51. The van der Waals surface area contributed by atoms with Gasteiger partial charge in [0.2, 0.25) is 0 Å². The van der Waals surface area contributed by atoms with E-state index in [1.165, 1.54) is 18.5 Å². The molecule has 0 aliphatic carbocycles. The van der Waals surface area contributed by atoms with Crippen LogP contribution in [0.15, 0.2) is 61.2 Å². The molecule has 1 heterocycles. The fraction of sp³-hybridized carbons (Fsp3) is 0.125. The van der Waals surface area contributed by atoms with Gasteiger partial charge < -0.3 is 5.32 Å². The van der Waals surface area contributed by atoms with Crippen LogP contribution in [0, 0.1) is 15.9 Å². The van der Waals surface area contributed by atoms with E-state index in [0.29, 0.717) is 6.54 Å². The lowest BCUT2D eigenvalue weighted by molar-refractivity contribution is -0.385. The summed E-state index contributed by atoms with van der Waals surface area (Å²) in [5.41, 5.74) is 0.839. The Balaban J connectivity index is 1.88. The van der Waals surface area contributed by atoms with Crippen LogP contribution in [0.25, 0.3) is 0 Å². The molecular formula is C16H14FN5O2. The minimum Gasteiger partial charge on any atom is -0.374 e. The molecule has 0 spiro atoms. The number of hydrogen-bond donors (Lipinski definition) is 1. The molecule has 0 fully saturated rings. The van der Waals surface area contributed by atoms with Crippen LogP contribution in [0.2, 0.25) is 0 Å². The number of non-ortho nitro benzene ring substituents is 1. The summed E-state index contributed by atoms with van der Waals surface area (Å²) in [6, 6.07) is 12.8. The third kappa shape index (κ3) is 3.54. The zero-order valence-corrected chi connectivity index (χ0v) is 12.5. The Hall–Kier alpha value is -3.29. The number of benzene rings is 2. The number of nitro groups is 1. The number of nitro benzene ring substituents is 1.